The molecule has 1 aromatic heterocycles. The van der Waals surface area contributed by atoms with Crippen LogP contribution in [0.25, 0.3) is 0 Å². The van der Waals surface area contributed by atoms with E-state index in [1.807, 2.05) is 26.0 Å². The summed E-state index contributed by atoms with van der Waals surface area (Å²) >= 11 is 1.39. The third-order valence-corrected chi connectivity index (χ3v) is 7.75. The van der Waals surface area contributed by atoms with Gasteiger partial charge in [-0.1, -0.05) is 6.07 Å². The Labute approximate surface area is 246 Å². The second-order valence-electron chi connectivity index (χ2n) is 10.6. The molecule has 10 heteroatoms. The van der Waals surface area contributed by atoms with Crippen LogP contribution in [0.4, 0.5) is 21.5 Å². The minimum absolute atomic E-state index is 0.0599. The monoisotopic (exact) mass is 588 g/mol. The maximum Gasteiger partial charge on any atom is 0.256 e. The molecule has 1 atom stereocenters. The van der Waals surface area contributed by atoms with Crippen molar-refractivity contribution in [3.63, 3.8) is 0 Å². The number of rotatable bonds is 7. The van der Waals surface area contributed by atoms with Crippen molar-refractivity contribution in [3.8, 4) is 11.5 Å². The summed E-state index contributed by atoms with van der Waals surface area (Å²) in [7, 11) is 0. The average molecular weight is 589 g/mol. The number of benzene rings is 3. The Morgan fingerprint density at radius 3 is 2.71 bits per heavy atom. The van der Waals surface area contributed by atoms with Crippen molar-refractivity contribution in [3.05, 3.63) is 99.0 Å². The van der Waals surface area contributed by atoms with Gasteiger partial charge in [-0.05, 0) is 74.2 Å². The smallest absolute Gasteiger partial charge is 0.256 e. The molecule has 0 saturated carbocycles. The molecule has 1 fully saturated rings. The first-order chi connectivity index (χ1) is 20.1. The summed E-state index contributed by atoms with van der Waals surface area (Å²) in [5.74, 6) is -0.748. The number of anilines is 3. The maximum atomic E-state index is 14.7. The van der Waals surface area contributed by atoms with Crippen LogP contribution in [0.2, 0.25) is 0 Å². The Bertz CT molecular complexity index is 1670. The Kier molecular flexibility index (Phi) is 7.44. The molecular weight excluding hydrogens is 559 g/mol. The van der Waals surface area contributed by atoms with E-state index in [0.29, 0.717) is 58.3 Å². The topological polar surface area (TPSA) is 95.1 Å². The third-order valence-electron chi connectivity index (χ3n) is 7.06. The number of carbonyl (C=O) groups is 2. The second-order valence-corrected chi connectivity index (χ2v) is 11.4. The minimum atomic E-state index is -0.635. The van der Waals surface area contributed by atoms with Crippen LogP contribution in [0.5, 0.6) is 11.5 Å². The number of hydrogen-bond donors (Lipinski definition) is 2. The summed E-state index contributed by atoms with van der Waals surface area (Å²) in [6, 6.07) is 15.2. The van der Waals surface area contributed by atoms with E-state index in [2.05, 4.69) is 10.6 Å². The normalized spacial score (nSPS) is 17.0. The molecule has 8 nitrogen and oxygen atoms in total. The number of ketones is 1. The zero-order valence-corrected chi connectivity index (χ0v) is 24.1. The molecule has 1 amide bonds. The highest BCUT2D eigenvalue weighted by molar-refractivity contribution is 7.08. The lowest BCUT2D eigenvalue weighted by molar-refractivity contribution is -0.141. The van der Waals surface area contributed by atoms with Gasteiger partial charge in [0.05, 0.1) is 23.4 Å². The van der Waals surface area contributed by atoms with Crippen LogP contribution in [0, 0.1) is 12.7 Å². The Morgan fingerprint density at radius 2 is 1.95 bits per heavy atom. The number of carbonyl (C=O) groups excluding carboxylic acids is 2. The van der Waals surface area contributed by atoms with E-state index >= 15 is 0 Å². The summed E-state index contributed by atoms with van der Waals surface area (Å²) in [5.41, 5.74) is 4.09. The molecule has 1 saturated heterocycles. The van der Waals surface area contributed by atoms with Crippen LogP contribution in [0.15, 0.2) is 65.4 Å². The standard InChI is InChI=1S/C32H29FN2O6S/c1-18-10-26(33)28(35-31(37)20-8-9-42-17-20)13-27(18)34-21-5-7-24-29(11-21)39-14-19-4-6-22(12-25(19)30(24)36)38-15-23-16-40-32(2,3)41-23/h4-13,17,23,34H,14-16H2,1-3H3,(H,35,37)/t23-/m0/s1. The molecule has 216 valence electrons. The third kappa shape index (κ3) is 5.87. The van der Waals surface area contributed by atoms with Gasteiger partial charge >= 0.3 is 0 Å². The van der Waals surface area contributed by atoms with Gasteiger partial charge in [-0.2, -0.15) is 11.3 Å². The molecular formula is C32H29FN2O6S. The van der Waals surface area contributed by atoms with Gasteiger partial charge in [-0.25, -0.2) is 4.39 Å². The van der Waals surface area contributed by atoms with Crippen LogP contribution < -0.4 is 20.1 Å². The molecule has 2 aliphatic rings. The first kappa shape index (κ1) is 27.9. The SMILES string of the molecule is Cc1cc(F)c(NC(=O)c2ccsc2)cc1Nc1ccc2c(c1)OCc1ccc(OC[C@H]3COC(C)(C)O3)cc1C2=O. The van der Waals surface area contributed by atoms with Gasteiger partial charge in [0.25, 0.3) is 5.91 Å². The number of halogens is 1. The molecule has 42 heavy (non-hydrogen) atoms. The molecule has 0 unspecified atom stereocenters. The van der Waals surface area contributed by atoms with Gasteiger partial charge in [0.1, 0.15) is 36.6 Å². The largest absolute Gasteiger partial charge is 0.491 e. The molecule has 0 radical (unpaired) electrons. The number of nitrogens with one attached hydrogen (secondary N) is 2. The molecule has 6 rings (SSSR count). The van der Waals surface area contributed by atoms with Gasteiger partial charge in [0, 0.05) is 33.9 Å². The van der Waals surface area contributed by atoms with Crippen molar-refractivity contribution in [2.75, 3.05) is 23.8 Å². The van der Waals surface area contributed by atoms with Gasteiger partial charge in [-0.15, -0.1) is 0 Å². The highest BCUT2D eigenvalue weighted by Gasteiger charge is 2.33. The first-order valence-electron chi connectivity index (χ1n) is 13.4. The summed E-state index contributed by atoms with van der Waals surface area (Å²) < 4.78 is 38.0. The second kappa shape index (κ2) is 11.2. The number of hydrogen-bond acceptors (Lipinski definition) is 8. The minimum Gasteiger partial charge on any atom is -0.491 e. The van der Waals surface area contributed by atoms with E-state index in [1.54, 1.807) is 54.1 Å². The van der Waals surface area contributed by atoms with Crippen molar-refractivity contribution in [2.24, 2.45) is 0 Å². The Morgan fingerprint density at radius 1 is 1.10 bits per heavy atom. The van der Waals surface area contributed by atoms with Crippen LogP contribution in [0.3, 0.4) is 0 Å². The van der Waals surface area contributed by atoms with Crippen molar-refractivity contribution in [1.82, 2.24) is 0 Å². The maximum absolute atomic E-state index is 14.7. The van der Waals surface area contributed by atoms with Crippen molar-refractivity contribution >= 4 is 40.1 Å². The van der Waals surface area contributed by atoms with Crippen LogP contribution in [-0.4, -0.2) is 36.8 Å². The fourth-order valence-corrected chi connectivity index (χ4v) is 5.51. The summed E-state index contributed by atoms with van der Waals surface area (Å²) in [6.45, 7) is 6.44. The lowest BCUT2D eigenvalue weighted by Crippen LogP contribution is -2.25. The molecule has 0 spiro atoms. The Balaban J connectivity index is 1.18. The van der Waals surface area contributed by atoms with Crippen LogP contribution in [0.1, 0.15) is 51.3 Å². The lowest BCUT2D eigenvalue weighted by atomic mass is 9.98. The van der Waals surface area contributed by atoms with E-state index in [0.717, 1.165) is 5.56 Å². The summed E-state index contributed by atoms with van der Waals surface area (Å²) in [6.07, 6.45) is -0.192. The van der Waals surface area contributed by atoms with Crippen molar-refractivity contribution in [1.29, 1.82) is 0 Å². The number of thiophene rings is 1. The molecule has 0 aliphatic carbocycles. The quantitative estimate of drug-likeness (QED) is 0.244. The predicted octanol–water partition coefficient (Wildman–Crippen LogP) is 6.85. The van der Waals surface area contributed by atoms with Gasteiger partial charge in [0.2, 0.25) is 0 Å². The van der Waals surface area contributed by atoms with E-state index < -0.39 is 11.6 Å². The fraction of sp³-hybridized carbons (Fsp3) is 0.250. The fourth-order valence-electron chi connectivity index (χ4n) is 4.87. The molecule has 3 aromatic carbocycles. The number of aryl methyl sites for hydroxylation is 1. The number of amides is 1. The molecule has 0 bridgehead atoms. The highest BCUT2D eigenvalue weighted by Crippen LogP contribution is 2.35. The number of ether oxygens (including phenoxy) is 4. The van der Waals surface area contributed by atoms with Crippen LogP contribution >= 0.6 is 11.3 Å². The summed E-state index contributed by atoms with van der Waals surface area (Å²) in [4.78, 5) is 26.0. The molecule has 4 aromatic rings. The zero-order valence-electron chi connectivity index (χ0n) is 23.3. The summed E-state index contributed by atoms with van der Waals surface area (Å²) in [5, 5.41) is 9.38. The predicted molar refractivity (Wildman–Crippen MR) is 158 cm³/mol. The van der Waals surface area contributed by atoms with E-state index in [-0.39, 0.29) is 30.1 Å². The Hall–Kier alpha value is -4.25. The van der Waals surface area contributed by atoms with Gasteiger partial charge < -0.3 is 29.6 Å². The number of fused-ring (bicyclic) bond motifs is 2. The lowest BCUT2D eigenvalue weighted by Gasteiger charge is -2.17. The molecule has 2 aliphatic heterocycles. The van der Waals surface area contributed by atoms with E-state index in [9.17, 15) is 14.0 Å². The van der Waals surface area contributed by atoms with Crippen molar-refractivity contribution in [2.45, 2.75) is 39.3 Å². The first-order valence-corrected chi connectivity index (χ1v) is 14.4. The van der Waals surface area contributed by atoms with E-state index in [1.165, 1.54) is 17.4 Å². The van der Waals surface area contributed by atoms with E-state index in [4.69, 9.17) is 18.9 Å². The van der Waals surface area contributed by atoms with Gasteiger partial charge in [-0.3, -0.25) is 9.59 Å². The average Bonchev–Trinajstić information content (AvgIpc) is 3.60. The molecule has 2 N–H and O–H groups in total. The van der Waals surface area contributed by atoms with Crippen molar-refractivity contribution < 1.29 is 32.9 Å². The zero-order chi connectivity index (χ0) is 29.4. The highest BCUT2D eigenvalue weighted by atomic mass is 32.1. The molecule has 3 heterocycles. The van der Waals surface area contributed by atoms with Crippen LogP contribution in [-0.2, 0) is 16.1 Å². The van der Waals surface area contributed by atoms with Gasteiger partial charge in [0.15, 0.2) is 11.6 Å².